The van der Waals surface area contributed by atoms with Crippen molar-refractivity contribution in [2.75, 3.05) is 5.32 Å². The van der Waals surface area contributed by atoms with Gasteiger partial charge in [0, 0.05) is 5.69 Å². The third-order valence-electron chi connectivity index (χ3n) is 3.16. The highest BCUT2D eigenvalue weighted by atomic mass is 16.3. The van der Waals surface area contributed by atoms with Crippen LogP contribution in [0.15, 0.2) is 48.5 Å². The highest BCUT2D eigenvalue weighted by Crippen LogP contribution is 2.18. The van der Waals surface area contributed by atoms with Crippen LogP contribution < -0.4 is 5.32 Å². The van der Waals surface area contributed by atoms with Gasteiger partial charge < -0.3 is 10.4 Å². The number of carbonyl (C=O) groups is 1. The highest BCUT2D eigenvalue weighted by molar-refractivity contribution is 5.93. The van der Waals surface area contributed by atoms with E-state index in [0.29, 0.717) is 11.2 Å². The monoisotopic (exact) mass is 282 g/mol. The van der Waals surface area contributed by atoms with Gasteiger partial charge in [-0.2, -0.15) is 15.4 Å². The molecule has 106 valence electrons. The number of hydrogen-bond acceptors (Lipinski definition) is 4. The first-order valence-corrected chi connectivity index (χ1v) is 6.56. The summed E-state index contributed by atoms with van der Waals surface area (Å²) in [6, 6.07) is 14.3. The predicted octanol–water partition coefficient (Wildman–Crippen LogP) is 2.02. The molecular weight excluding hydrogens is 268 g/mol. The second-order valence-corrected chi connectivity index (χ2v) is 4.71. The smallest absolute Gasteiger partial charge is 0.227 e. The number of fused-ring (bicyclic) bond motifs is 1. The lowest BCUT2D eigenvalue weighted by Gasteiger charge is -2.11. The fourth-order valence-electron chi connectivity index (χ4n) is 2.10. The Balaban J connectivity index is 1.66. The Bertz CT molecular complexity index is 754. The first-order valence-electron chi connectivity index (χ1n) is 6.56. The molecule has 0 aliphatic rings. The average Bonchev–Trinajstić information content (AvgIpc) is 2.95. The summed E-state index contributed by atoms with van der Waals surface area (Å²) < 4.78 is 0. The molecule has 1 heterocycles. The standard InChI is InChI=1S/C15H14N4O2/c20-14(10-4-2-1-3-5-10)9-15(21)16-11-6-7-12-13(8-11)18-19-17-12/h1-8,14,20H,9H2,(H,16,21)(H,17,18,19). The Labute approximate surface area is 120 Å². The van der Waals surface area contributed by atoms with Crippen molar-refractivity contribution in [2.45, 2.75) is 12.5 Å². The van der Waals surface area contributed by atoms with Crippen molar-refractivity contribution in [3.05, 3.63) is 54.1 Å². The molecule has 0 radical (unpaired) electrons. The van der Waals surface area contributed by atoms with Crippen LogP contribution in [-0.4, -0.2) is 26.4 Å². The number of carbonyl (C=O) groups excluding carboxylic acids is 1. The van der Waals surface area contributed by atoms with E-state index in [4.69, 9.17) is 0 Å². The minimum Gasteiger partial charge on any atom is -0.388 e. The molecule has 21 heavy (non-hydrogen) atoms. The molecule has 3 aromatic rings. The average molecular weight is 282 g/mol. The Morgan fingerprint density at radius 3 is 2.71 bits per heavy atom. The summed E-state index contributed by atoms with van der Waals surface area (Å²) in [5.74, 6) is -0.255. The van der Waals surface area contributed by atoms with E-state index in [1.165, 1.54) is 0 Å². The number of rotatable bonds is 4. The van der Waals surface area contributed by atoms with Gasteiger partial charge in [-0.3, -0.25) is 4.79 Å². The largest absolute Gasteiger partial charge is 0.388 e. The van der Waals surface area contributed by atoms with Crippen LogP contribution in [-0.2, 0) is 4.79 Å². The number of nitrogens with zero attached hydrogens (tertiary/aromatic N) is 2. The summed E-state index contributed by atoms with van der Waals surface area (Å²) in [5, 5.41) is 23.2. The zero-order valence-corrected chi connectivity index (χ0v) is 11.2. The zero-order valence-electron chi connectivity index (χ0n) is 11.2. The van der Waals surface area contributed by atoms with Gasteiger partial charge in [0.2, 0.25) is 5.91 Å². The Hall–Kier alpha value is -2.73. The maximum atomic E-state index is 12.0. The molecule has 0 spiro atoms. The van der Waals surface area contributed by atoms with E-state index >= 15 is 0 Å². The van der Waals surface area contributed by atoms with Gasteiger partial charge in [0.25, 0.3) is 0 Å². The van der Waals surface area contributed by atoms with E-state index in [1.54, 1.807) is 30.3 Å². The van der Waals surface area contributed by atoms with Crippen LogP contribution in [0.4, 0.5) is 5.69 Å². The zero-order chi connectivity index (χ0) is 14.7. The lowest BCUT2D eigenvalue weighted by Crippen LogP contribution is -2.15. The molecule has 1 unspecified atom stereocenters. The van der Waals surface area contributed by atoms with Crippen molar-refractivity contribution in [3.8, 4) is 0 Å². The molecule has 0 fully saturated rings. The number of nitrogens with one attached hydrogen (secondary N) is 2. The Morgan fingerprint density at radius 1 is 1.14 bits per heavy atom. The van der Waals surface area contributed by atoms with Crippen molar-refractivity contribution in [1.82, 2.24) is 15.4 Å². The van der Waals surface area contributed by atoms with Gasteiger partial charge in [-0.1, -0.05) is 30.3 Å². The summed E-state index contributed by atoms with van der Waals surface area (Å²) in [4.78, 5) is 12.0. The second kappa shape index (κ2) is 5.72. The van der Waals surface area contributed by atoms with E-state index in [2.05, 4.69) is 20.7 Å². The summed E-state index contributed by atoms with van der Waals surface area (Å²) in [5.41, 5.74) is 2.76. The van der Waals surface area contributed by atoms with Crippen LogP contribution in [0.25, 0.3) is 11.0 Å². The molecule has 3 N–H and O–H groups in total. The lowest BCUT2D eigenvalue weighted by molar-refractivity contribution is -0.118. The van der Waals surface area contributed by atoms with Crippen LogP contribution in [0.2, 0.25) is 0 Å². The van der Waals surface area contributed by atoms with Crippen molar-refractivity contribution < 1.29 is 9.90 Å². The summed E-state index contributed by atoms with van der Waals surface area (Å²) in [6.07, 6.45) is -0.817. The quantitative estimate of drug-likeness (QED) is 0.682. The van der Waals surface area contributed by atoms with Crippen molar-refractivity contribution in [2.24, 2.45) is 0 Å². The highest BCUT2D eigenvalue weighted by Gasteiger charge is 2.13. The Kier molecular flexibility index (Phi) is 3.61. The van der Waals surface area contributed by atoms with Crippen molar-refractivity contribution in [3.63, 3.8) is 0 Å². The first-order chi connectivity index (χ1) is 10.2. The molecular formula is C15H14N4O2. The van der Waals surface area contributed by atoms with Crippen LogP contribution in [0, 0.1) is 0 Å². The van der Waals surface area contributed by atoms with Gasteiger partial charge in [-0.15, -0.1) is 0 Å². The van der Waals surface area contributed by atoms with E-state index < -0.39 is 6.10 Å². The number of aromatic nitrogens is 3. The molecule has 0 saturated carbocycles. The van der Waals surface area contributed by atoms with Crippen molar-refractivity contribution >= 4 is 22.6 Å². The van der Waals surface area contributed by atoms with Gasteiger partial charge in [0.1, 0.15) is 11.0 Å². The molecule has 0 aliphatic heterocycles. The van der Waals surface area contributed by atoms with Crippen LogP contribution >= 0.6 is 0 Å². The summed E-state index contributed by atoms with van der Waals surface area (Å²) in [6.45, 7) is 0. The summed E-state index contributed by atoms with van der Waals surface area (Å²) >= 11 is 0. The third kappa shape index (κ3) is 3.06. The molecule has 6 nitrogen and oxygen atoms in total. The molecule has 1 amide bonds. The Morgan fingerprint density at radius 2 is 1.90 bits per heavy atom. The number of aromatic amines is 1. The molecule has 2 aromatic carbocycles. The van der Waals surface area contributed by atoms with Gasteiger partial charge in [0.05, 0.1) is 12.5 Å². The molecule has 1 aromatic heterocycles. The molecule has 1 atom stereocenters. The van der Waals surface area contributed by atoms with Crippen LogP contribution in [0.5, 0.6) is 0 Å². The van der Waals surface area contributed by atoms with Gasteiger partial charge >= 0.3 is 0 Å². The number of benzene rings is 2. The molecule has 6 heteroatoms. The van der Waals surface area contributed by atoms with E-state index in [-0.39, 0.29) is 12.3 Å². The molecule has 3 rings (SSSR count). The number of hydrogen-bond donors (Lipinski definition) is 3. The molecule has 0 saturated heterocycles. The number of H-pyrrole nitrogens is 1. The summed E-state index contributed by atoms with van der Waals surface area (Å²) in [7, 11) is 0. The number of anilines is 1. The fraction of sp³-hybridized carbons (Fsp3) is 0.133. The van der Waals surface area contributed by atoms with Crippen LogP contribution in [0.1, 0.15) is 18.1 Å². The minimum absolute atomic E-state index is 0.000859. The van der Waals surface area contributed by atoms with E-state index in [0.717, 1.165) is 11.1 Å². The normalized spacial score (nSPS) is 12.2. The maximum Gasteiger partial charge on any atom is 0.227 e. The minimum atomic E-state index is -0.818. The van der Waals surface area contributed by atoms with Gasteiger partial charge in [-0.05, 0) is 23.8 Å². The second-order valence-electron chi connectivity index (χ2n) is 4.71. The maximum absolute atomic E-state index is 12.0. The van der Waals surface area contributed by atoms with E-state index in [9.17, 15) is 9.90 Å². The molecule has 0 aliphatic carbocycles. The number of aliphatic hydroxyl groups is 1. The van der Waals surface area contributed by atoms with Gasteiger partial charge in [0.15, 0.2) is 0 Å². The van der Waals surface area contributed by atoms with E-state index in [1.807, 2.05) is 18.2 Å². The number of amides is 1. The lowest BCUT2D eigenvalue weighted by atomic mass is 10.1. The van der Waals surface area contributed by atoms with Gasteiger partial charge in [-0.25, -0.2) is 0 Å². The topological polar surface area (TPSA) is 90.9 Å². The SMILES string of the molecule is O=C(CC(O)c1ccccc1)Nc1ccc2n[nH]nc2c1. The van der Waals surface area contributed by atoms with Crippen molar-refractivity contribution in [1.29, 1.82) is 0 Å². The van der Waals surface area contributed by atoms with Crippen LogP contribution in [0.3, 0.4) is 0 Å². The third-order valence-corrected chi connectivity index (χ3v) is 3.16. The first kappa shape index (κ1) is 13.3. The number of aliphatic hydroxyl groups excluding tert-OH is 1. The molecule has 0 bridgehead atoms. The predicted molar refractivity (Wildman–Crippen MR) is 78.5 cm³/mol. The fourth-order valence-corrected chi connectivity index (χ4v) is 2.10.